The molecule has 3 nitrogen and oxygen atoms in total. The van der Waals surface area contributed by atoms with Gasteiger partial charge in [0.15, 0.2) is 0 Å². The number of hydrogen-bond donors (Lipinski definition) is 1. The van der Waals surface area contributed by atoms with E-state index in [4.69, 9.17) is 9.47 Å². The molecule has 0 aliphatic heterocycles. The SMILES string of the molecule is C/C=S(\C)CCCOc1cc(C)c(-c2cc(CO)ccc2COc2ccccc2)c(C)c1. The fraction of sp³-hybridized carbons (Fsp3) is 0.321. The van der Waals surface area contributed by atoms with Crippen molar-refractivity contribution in [1.29, 1.82) is 0 Å². The first-order valence-corrected chi connectivity index (χ1v) is 12.9. The van der Waals surface area contributed by atoms with Crippen molar-refractivity contribution in [2.75, 3.05) is 18.6 Å². The molecule has 4 heteroatoms. The van der Waals surface area contributed by atoms with E-state index in [0.717, 1.165) is 52.3 Å². The van der Waals surface area contributed by atoms with E-state index in [0.29, 0.717) is 17.1 Å². The van der Waals surface area contributed by atoms with Crippen LogP contribution in [0.25, 0.3) is 11.1 Å². The quantitative estimate of drug-likeness (QED) is 0.282. The van der Waals surface area contributed by atoms with Crippen molar-refractivity contribution in [3.8, 4) is 22.6 Å². The topological polar surface area (TPSA) is 38.7 Å². The van der Waals surface area contributed by atoms with E-state index in [1.165, 1.54) is 11.3 Å². The summed E-state index contributed by atoms with van der Waals surface area (Å²) in [6.45, 7) is 7.59. The molecule has 1 atom stereocenters. The summed E-state index contributed by atoms with van der Waals surface area (Å²) in [5.74, 6) is 2.93. The van der Waals surface area contributed by atoms with Crippen molar-refractivity contribution >= 4 is 15.9 Å². The Morgan fingerprint density at radius 3 is 2.28 bits per heavy atom. The number of aliphatic hydroxyl groups is 1. The highest BCUT2D eigenvalue weighted by Gasteiger charge is 2.14. The average Bonchev–Trinajstić information content (AvgIpc) is 2.81. The lowest BCUT2D eigenvalue weighted by Crippen LogP contribution is -2.03. The van der Waals surface area contributed by atoms with Crippen molar-refractivity contribution in [3.63, 3.8) is 0 Å². The molecule has 0 heterocycles. The molecule has 1 unspecified atom stereocenters. The van der Waals surface area contributed by atoms with E-state index < -0.39 is 0 Å². The van der Waals surface area contributed by atoms with E-state index in [-0.39, 0.29) is 6.61 Å². The molecule has 0 spiro atoms. The second-order valence-corrected chi connectivity index (χ2v) is 10.3. The van der Waals surface area contributed by atoms with E-state index in [9.17, 15) is 5.11 Å². The third kappa shape index (κ3) is 6.47. The summed E-state index contributed by atoms with van der Waals surface area (Å²) in [6, 6.07) is 20.2. The van der Waals surface area contributed by atoms with Gasteiger partial charge in [0.1, 0.15) is 18.1 Å². The Labute approximate surface area is 195 Å². The van der Waals surface area contributed by atoms with Crippen LogP contribution in [0.15, 0.2) is 60.7 Å². The Morgan fingerprint density at radius 2 is 1.62 bits per heavy atom. The number of rotatable bonds is 10. The highest BCUT2D eigenvalue weighted by Crippen LogP contribution is 2.34. The van der Waals surface area contributed by atoms with Gasteiger partial charge in [0.05, 0.1) is 13.2 Å². The highest BCUT2D eigenvalue weighted by molar-refractivity contribution is 8.14. The normalized spacial score (nSPS) is 12.0. The monoisotopic (exact) mass is 450 g/mol. The second kappa shape index (κ2) is 11.9. The zero-order chi connectivity index (χ0) is 22.9. The van der Waals surface area contributed by atoms with Crippen LogP contribution < -0.4 is 9.47 Å². The van der Waals surface area contributed by atoms with Crippen LogP contribution in [0.2, 0.25) is 0 Å². The second-order valence-electron chi connectivity index (χ2n) is 8.02. The van der Waals surface area contributed by atoms with E-state index in [2.05, 4.69) is 56.7 Å². The predicted octanol–water partition coefficient (Wildman–Crippen LogP) is 6.53. The summed E-state index contributed by atoms with van der Waals surface area (Å²) < 4.78 is 12.1. The first-order valence-electron chi connectivity index (χ1n) is 11.1. The lowest BCUT2D eigenvalue weighted by molar-refractivity contribution is 0.281. The van der Waals surface area contributed by atoms with Crippen molar-refractivity contribution in [1.82, 2.24) is 0 Å². The Bertz CT molecular complexity index is 1030. The molecule has 3 rings (SSSR count). The number of aryl methyl sites for hydroxylation is 2. The summed E-state index contributed by atoms with van der Waals surface area (Å²) in [5.41, 5.74) is 6.58. The van der Waals surface area contributed by atoms with Gasteiger partial charge >= 0.3 is 0 Å². The van der Waals surface area contributed by atoms with Gasteiger partial charge in [0, 0.05) is 0 Å². The molecule has 0 aromatic heterocycles. The van der Waals surface area contributed by atoms with E-state index in [1.807, 2.05) is 36.4 Å². The fourth-order valence-corrected chi connectivity index (χ4v) is 4.59. The molecular weight excluding hydrogens is 416 g/mol. The number of ether oxygens (including phenoxy) is 2. The molecule has 0 saturated heterocycles. The molecule has 0 amide bonds. The molecule has 1 N–H and O–H groups in total. The maximum absolute atomic E-state index is 9.71. The number of hydrogen-bond acceptors (Lipinski definition) is 3. The third-order valence-electron chi connectivity index (χ3n) is 5.55. The zero-order valence-electron chi connectivity index (χ0n) is 19.6. The van der Waals surface area contributed by atoms with Gasteiger partial charge in [-0.25, -0.2) is 0 Å². The zero-order valence-corrected chi connectivity index (χ0v) is 20.4. The summed E-state index contributed by atoms with van der Waals surface area (Å²) in [7, 11) is 0.368. The maximum Gasteiger partial charge on any atom is 0.119 e. The Morgan fingerprint density at radius 1 is 0.906 bits per heavy atom. The lowest BCUT2D eigenvalue weighted by atomic mass is 9.91. The maximum atomic E-state index is 9.71. The van der Waals surface area contributed by atoms with Gasteiger partial charge < -0.3 is 14.6 Å². The molecule has 0 fully saturated rings. The van der Waals surface area contributed by atoms with Crippen molar-refractivity contribution < 1.29 is 14.6 Å². The molecular formula is C28H34O3S. The van der Waals surface area contributed by atoms with Gasteiger partial charge in [0.25, 0.3) is 0 Å². The summed E-state index contributed by atoms with van der Waals surface area (Å²) in [6.07, 6.45) is 3.33. The van der Waals surface area contributed by atoms with Crippen LogP contribution in [0.4, 0.5) is 0 Å². The lowest BCUT2D eigenvalue weighted by Gasteiger charge is -2.18. The summed E-state index contributed by atoms with van der Waals surface area (Å²) in [5, 5.41) is 12.0. The minimum atomic E-state index is 0.0143. The van der Waals surface area contributed by atoms with Crippen LogP contribution in [0.3, 0.4) is 0 Å². The van der Waals surface area contributed by atoms with Crippen LogP contribution in [0.5, 0.6) is 11.5 Å². The van der Waals surface area contributed by atoms with Crippen LogP contribution in [-0.4, -0.2) is 29.1 Å². The van der Waals surface area contributed by atoms with Crippen molar-refractivity contribution in [3.05, 3.63) is 82.9 Å². The molecule has 0 bridgehead atoms. The minimum Gasteiger partial charge on any atom is -0.494 e. The van der Waals surface area contributed by atoms with Crippen LogP contribution >= 0.6 is 10.5 Å². The molecule has 3 aromatic rings. The Hall–Kier alpha value is -2.56. The Balaban J connectivity index is 1.83. The van der Waals surface area contributed by atoms with Crippen molar-refractivity contribution in [2.24, 2.45) is 0 Å². The number of aliphatic hydroxyl groups excluding tert-OH is 1. The highest BCUT2D eigenvalue weighted by atomic mass is 32.2. The molecule has 32 heavy (non-hydrogen) atoms. The largest absolute Gasteiger partial charge is 0.494 e. The standard InChI is InChI=1S/C28H34O3S/c1-5-32(4)15-9-14-30-26-16-21(2)28(22(3)17-26)27-18-23(19-29)12-13-24(27)20-31-25-10-7-6-8-11-25/h5-8,10-13,16-18,29H,9,14-15,19-20H2,1-4H3. The minimum absolute atomic E-state index is 0.0143. The molecule has 0 aliphatic rings. The van der Waals surface area contributed by atoms with Gasteiger partial charge in [-0.15, -0.1) is 0 Å². The molecule has 0 saturated carbocycles. The number of benzene rings is 3. The Kier molecular flexibility index (Phi) is 8.95. The van der Waals surface area contributed by atoms with Gasteiger partial charge in [0.2, 0.25) is 0 Å². The van der Waals surface area contributed by atoms with Gasteiger partial charge in [-0.3, -0.25) is 0 Å². The average molecular weight is 451 g/mol. The molecule has 3 aromatic carbocycles. The van der Waals surface area contributed by atoms with E-state index >= 15 is 0 Å². The van der Waals surface area contributed by atoms with Crippen molar-refractivity contribution in [2.45, 2.75) is 40.4 Å². The van der Waals surface area contributed by atoms with Crippen LogP contribution in [0, 0.1) is 13.8 Å². The fourth-order valence-electron chi connectivity index (χ4n) is 3.78. The van der Waals surface area contributed by atoms with Gasteiger partial charge in [-0.2, -0.15) is 10.5 Å². The smallest absolute Gasteiger partial charge is 0.119 e. The summed E-state index contributed by atoms with van der Waals surface area (Å²) in [4.78, 5) is 0. The third-order valence-corrected chi connectivity index (χ3v) is 7.29. The predicted molar refractivity (Wildman–Crippen MR) is 138 cm³/mol. The van der Waals surface area contributed by atoms with Gasteiger partial charge in [-0.05, 0) is 103 Å². The molecule has 0 radical (unpaired) electrons. The number of para-hydroxylation sites is 1. The van der Waals surface area contributed by atoms with Crippen LogP contribution in [-0.2, 0) is 13.2 Å². The van der Waals surface area contributed by atoms with Gasteiger partial charge in [-0.1, -0.05) is 35.7 Å². The van der Waals surface area contributed by atoms with Crippen LogP contribution in [0.1, 0.15) is 35.6 Å². The molecule has 0 aliphatic carbocycles. The van der Waals surface area contributed by atoms with E-state index in [1.54, 1.807) is 0 Å². The molecule has 170 valence electrons. The first-order chi connectivity index (χ1) is 15.5. The first kappa shape index (κ1) is 24.1. The summed E-state index contributed by atoms with van der Waals surface area (Å²) >= 11 is 0.